The highest BCUT2D eigenvalue weighted by molar-refractivity contribution is 14.0. The van der Waals surface area contributed by atoms with Crippen LogP contribution >= 0.6 is 24.0 Å². The second-order valence-corrected chi connectivity index (χ2v) is 10.3. The van der Waals surface area contributed by atoms with Crippen LogP contribution in [0.2, 0.25) is 0 Å². The molecule has 0 aliphatic carbocycles. The summed E-state index contributed by atoms with van der Waals surface area (Å²) in [6.45, 7) is 7.03. The number of likely N-dealkylation sites (tertiary alicyclic amines) is 1. The molecule has 0 radical (unpaired) electrons. The molecule has 0 atom stereocenters. The van der Waals surface area contributed by atoms with Crippen molar-refractivity contribution in [2.45, 2.75) is 32.4 Å². The standard InChI is InChI=1S/C21H35N5O2S.HI/c1-22-21(23-9-12-25-13-15-29(27,28)16-14-25)24-17-19-5-7-20(8-6-19)18-26-10-3-2-4-11-26;/h5-8H,2-4,9-18H2,1H3,(H2,22,23,24);1H. The number of hydrogen-bond acceptors (Lipinski definition) is 5. The minimum atomic E-state index is -2.81. The van der Waals surface area contributed by atoms with Gasteiger partial charge in [0.05, 0.1) is 11.5 Å². The highest BCUT2D eigenvalue weighted by atomic mass is 127. The van der Waals surface area contributed by atoms with Crippen molar-refractivity contribution in [3.8, 4) is 0 Å². The van der Waals surface area contributed by atoms with Gasteiger partial charge >= 0.3 is 0 Å². The van der Waals surface area contributed by atoms with E-state index in [4.69, 9.17) is 0 Å². The van der Waals surface area contributed by atoms with Crippen molar-refractivity contribution >= 4 is 39.8 Å². The first-order chi connectivity index (χ1) is 14.0. The van der Waals surface area contributed by atoms with E-state index in [-0.39, 0.29) is 35.5 Å². The van der Waals surface area contributed by atoms with E-state index in [0.717, 1.165) is 32.1 Å². The van der Waals surface area contributed by atoms with Crippen molar-refractivity contribution in [1.29, 1.82) is 0 Å². The molecular formula is C21H36IN5O2S. The van der Waals surface area contributed by atoms with Gasteiger partial charge in [0.2, 0.25) is 0 Å². The molecule has 0 bridgehead atoms. The molecule has 2 aliphatic rings. The second kappa shape index (κ2) is 12.8. The van der Waals surface area contributed by atoms with E-state index in [2.05, 4.69) is 49.7 Å². The average Bonchev–Trinajstić information content (AvgIpc) is 2.73. The summed E-state index contributed by atoms with van der Waals surface area (Å²) in [5.41, 5.74) is 2.61. The van der Waals surface area contributed by atoms with E-state index in [1.54, 1.807) is 7.05 Å². The number of nitrogens with one attached hydrogen (secondary N) is 2. The molecule has 0 aromatic heterocycles. The van der Waals surface area contributed by atoms with Crippen molar-refractivity contribution in [3.63, 3.8) is 0 Å². The van der Waals surface area contributed by atoms with Crippen molar-refractivity contribution < 1.29 is 8.42 Å². The van der Waals surface area contributed by atoms with E-state index < -0.39 is 9.84 Å². The highest BCUT2D eigenvalue weighted by Crippen LogP contribution is 2.13. The van der Waals surface area contributed by atoms with Gasteiger partial charge in [-0.2, -0.15) is 0 Å². The average molecular weight is 550 g/mol. The predicted octanol–water partition coefficient (Wildman–Crippen LogP) is 1.69. The largest absolute Gasteiger partial charge is 0.355 e. The van der Waals surface area contributed by atoms with Gasteiger partial charge in [0.15, 0.2) is 15.8 Å². The second-order valence-electron chi connectivity index (χ2n) is 8.00. The van der Waals surface area contributed by atoms with E-state index in [9.17, 15) is 8.42 Å². The zero-order chi connectivity index (χ0) is 20.5. The monoisotopic (exact) mass is 549 g/mol. The summed E-state index contributed by atoms with van der Waals surface area (Å²) >= 11 is 0. The zero-order valence-electron chi connectivity index (χ0n) is 18.0. The maximum Gasteiger partial charge on any atom is 0.191 e. The molecule has 2 heterocycles. The van der Waals surface area contributed by atoms with Gasteiger partial charge in [-0.15, -0.1) is 24.0 Å². The third kappa shape index (κ3) is 8.68. The Balaban J connectivity index is 0.00000320. The fourth-order valence-electron chi connectivity index (χ4n) is 3.85. The van der Waals surface area contributed by atoms with Gasteiger partial charge in [0.25, 0.3) is 0 Å². The van der Waals surface area contributed by atoms with Crippen LogP contribution in [0.25, 0.3) is 0 Å². The maximum atomic E-state index is 11.5. The Morgan fingerprint density at radius 1 is 0.933 bits per heavy atom. The topological polar surface area (TPSA) is 77.0 Å². The first-order valence-corrected chi connectivity index (χ1v) is 12.5. The van der Waals surface area contributed by atoms with Crippen LogP contribution in [0.5, 0.6) is 0 Å². The molecule has 1 aromatic carbocycles. The Bertz CT molecular complexity index is 750. The van der Waals surface area contributed by atoms with Gasteiger partial charge in [-0.1, -0.05) is 30.7 Å². The number of benzene rings is 1. The van der Waals surface area contributed by atoms with E-state index in [0.29, 0.717) is 13.1 Å². The Hall–Kier alpha value is -0.910. The molecule has 2 N–H and O–H groups in total. The van der Waals surface area contributed by atoms with Crippen molar-refractivity contribution in [2.75, 3.05) is 57.8 Å². The van der Waals surface area contributed by atoms with Gasteiger partial charge < -0.3 is 10.6 Å². The molecule has 2 aliphatic heterocycles. The molecule has 2 fully saturated rings. The summed E-state index contributed by atoms with van der Waals surface area (Å²) in [6.07, 6.45) is 4.02. The summed E-state index contributed by atoms with van der Waals surface area (Å²) in [5, 5.41) is 6.67. The number of guanidine groups is 1. The Morgan fingerprint density at radius 3 is 2.20 bits per heavy atom. The van der Waals surface area contributed by atoms with Crippen LogP contribution in [0.3, 0.4) is 0 Å². The van der Waals surface area contributed by atoms with Gasteiger partial charge in [0, 0.05) is 46.3 Å². The Labute approximate surface area is 198 Å². The summed E-state index contributed by atoms with van der Waals surface area (Å²) in [7, 11) is -1.05. The van der Waals surface area contributed by atoms with Crippen LogP contribution in [0.4, 0.5) is 0 Å². The Morgan fingerprint density at radius 2 is 1.57 bits per heavy atom. The van der Waals surface area contributed by atoms with Crippen LogP contribution < -0.4 is 10.6 Å². The minimum Gasteiger partial charge on any atom is -0.355 e. The van der Waals surface area contributed by atoms with Gasteiger partial charge in [-0.3, -0.25) is 14.8 Å². The van der Waals surface area contributed by atoms with Gasteiger partial charge in [0.1, 0.15) is 0 Å². The number of halogens is 1. The third-order valence-electron chi connectivity index (χ3n) is 5.72. The first-order valence-electron chi connectivity index (χ1n) is 10.7. The lowest BCUT2D eigenvalue weighted by Crippen LogP contribution is -2.45. The van der Waals surface area contributed by atoms with Crippen LogP contribution in [0.15, 0.2) is 29.3 Å². The minimum absolute atomic E-state index is 0. The quantitative estimate of drug-likeness (QED) is 0.307. The van der Waals surface area contributed by atoms with Crippen LogP contribution in [-0.4, -0.2) is 82.0 Å². The molecule has 0 saturated carbocycles. The molecule has 7 nitrogen and oxygen atoms in total. The van der Waals surface area contributed by atoms with E-state index >= 15 is 0 Å². The van der Waals surface area contributed by atoms with E-state index in [1.807, 2.05) is 0 Å². The van der Waals surface area contributed by atoms with Crippen LogP contribution in [-0.2, 0) is 22.9 Å². The Kier molecular flexibility index (Phi) is 10.8. The first kappa shape index (κ1) is 25.4. The predicted molar refractivity (Wildman–Crippen MR) is 134 cm³/mol. The lowest BCUT2D eigenvalue weighted by molar-refractivity contribution is 0.221. The van der Waals surface area contributed by atoms with Crippen LogP contribution in [0.1, 0.15) is 30.4 Å². The zero-order valence-corrected chi connectivity index (χ0v) is 21.1. The molecule has 0 unspecified atom stereocenters. The molecule has 3 rings (SSSR count). The molecule has 1 aromatic rings. The fraction of sp³-hybridized carbons (Fsp3) is 0.667. The fourth-order valence-corrected chi connectivity index (χ4v) is 5.13. The normalized spacial score (nSPS) is 20.4. The maximum absolute atomic E-state index is 11.5. The van der Waals surface area contributed by atoms with Crippen molar-refractivity contribution in [2.24, 2.45) is 4.99 Å². The third-order valence-corrected chi connectivity index (χ3v) is 7.33. The SMILES string of the molecule is CN=C(NCCN1CCS(=O)(=O)CC1)NCc1ccc(CN2CCCCC2)cc1.I. The van der Waals surface area contributed by atoms with Crippen molar-refractivity contribution in [1.82, 2.24) is 20.4 Å². The number of piperidine rings is 1. The molecule has 0 amide bonds. The summed E-state index contributed by atoms with van der Waals surface area (Å²) in [5.74, 6) is 1.31. The van der Waals surface area contributed by atoms with Gasteiger partial charge in [-0.25, -0.2) is 8.42 Å². The lowest BCUT2D eigenvalue weighted by atomic mass is 10.1. The number of rotatable bonds is 7. The number of hydrogen-bond donors (Lipinski definition) is 2. The molecule has 0 spiro atoms. The molecule has 30 heavy (non-hydrogen) atoms. The van der Waals surface area contributed by atoms with Crippen LogP contribution in [0, 0.1) is 0 Å². The molecule has 170 valence electrons. The van der Waals surface area contributed by atoms with Gasteiger partial charge in [-0.05, 0) is 37.1 Å². The smallest absolute Gasteiger partial charge is 0.191 e. The summed E-state index contributed by atoms with van der Waals surface area (Å²) in [4.78, 5) is 9.00. The number of sulfone groups is 1. The van der Waals surface area contributed by atoms with Crippen molar-refractivity contribution in [3.05, 3.63) is 35.4 Å². The summed E-state index contributed by atoms with van der Waals surface area (Å²) < 4.78 is 23.0. The molecule has 2 saturated heterocycles. The number of aliphatic imine (C=N–C) groups is 1. The summed E-state index contributed by atoms with van der Waals surface area (Å²) in [6, 6.07) is 8.83. The molecular weight excluding hydrogens is 513 g/mol. The number of nitrogens with zero attached hydrogens (tertiary/aromatic N) is 3. The highest BCUT2D eigenvalue weighted by Gasteiger charge is 2.20. The lowest BCUT2D eigenvalue weighted by Gasteiger charge is -2.26. The van der Waals surface area contributed by atoms with E-state index in [1.165, 1.54) is 43.5 Å². The molecule has 9 heteroatoms.